The van der Waals surface area contributed by atoms with Gasteiger partial charge in [-0.1, -0.05) is 84.4 Å². The summed E-state index contributed by atoms with van der Waals surface area (Å²) in [6.07, 6.45) is 1.76. The second-order valence-corrected chi connectivity index (χ2v) is 9.25. The molecule has 168 valence electrons. The molecule has 0 atom stereocenters. The maximum absolute atomic E-state index is 12.9. The third-order valence-corrected chi connectivity index (χ3v) is 6.63. The van der Waals surface area contributed by atoms with Crippen LogP contribution < -0.4 is 4.74 Å². The molecule has 1 fully saturated rings. The van der Waals surface area contributed by atoms with Gasteiger partial charge in [0.1, 0.15) is 12.4 Å². The number of benzene rings is 4. The molecule has 1 heterocycles. The van der Waals surface area contributed by atoms with Gasteiger partial charge < -0.3 is 4.74 Å². The molecule has 0 aromatic heterocycles. The van der Waals surface area contributed by atoms with E-state index >= 15 is 0 Å². The summed E-state index contributed by atoms with van der Waals surface area (Å²) in [6.45, 7) is 2.71. The lowest BCUT2D eigenvalue weighted by molar-refractivity contribution is -0.123. The van der Waals surface area contributed by atoms with Gasteiger partial charge >= 0.3 is 0 Å². The van der Waals surface area contributed by atoms with Crippen LogP contribution in [0.15, 0.2) is 95.9 Å². The molecule has 0 N–H and O–H groups in total. The third-order valence-electron chi connectivity index (χ3n) is 5.73. The number of hydrogen-bond acceptors (Lipinski definition) is 4. The van der Waals surface area contributed by atoms with Crippen molar-refractivity contribution in [2.45, 2.75) is 20.1 Å². The van der Waals surface area contributed by atoms with E-state index in [0.717, 1.165) is 34.0 Å². The average molecular weight is 466 g/mol. The van der Waals surface area contributed by atoms with E-state index in [9.17, 15) is 9.59 Å². The van der Waals surface area contributed by atoms with Crippen LogP contribution in [-0.2, 0) is 17.9 Å². The van der Waals surface area contributed by atoms with Gasteiger partial charge in [-0.15, -0.1) is 0 Å². The molecule has 5 heteroatoms. The summed E-state index contributed by atoms with van der Waals surface area (Å²) in [7, 11) is 0. The van der Waals surface area contributed by atoms with E-state index in [0.29, 0.717) is 17.3 Å². The maximum Gasteiger partial charge on any atom is 0.293 e. The van der Waals surface area contributed by atoms with Gasteiger partial charge in [-0.2, -0.15) is 0 Å². The highest BCUT2D eigenvalue weighted by molar-refractivity contribution is 8.18. The molecule has 0 spiro atoms. The van der Waals surface area contributed by atoms with Gasteiger partial charge in [-0.25, -0.2) is 0 Å². The van der Waals surface area contributed by atoms with Crippen LogP contribution in [0.2, 0.25) is 0 Å². The van der Waals surface area contributed by atoms with Gasteiger partial charge in [0.15, 0.2) is 0 Å². The number of imide groups is 1. The van der Waals surface area contributed by atoms with Gasteiger partial charge in [-0.3, -0.25) is 14.5 Å². The molecule has 4 nitrogen and oxygen atoms in total. The number of hydrogen-bond donors (Lipinski definition) is 0. The Kier molecular flexibility index (Phi) is 6.19. The second kappa shape index (κ2) is 9.57. The molecule has 0 aliphatic carbocycles. The van der Waals surface area contributed by atoms with Gasteiger partial charge in [0.2, 0.25) is 0 Å². The van der Waals surface area contributed by atoms with E-state index in [1.165, 1.54) is 15.7 Å². The SMILES string of the molecule is Cc1cccc(CN2C(=O)S/C(=C/c3cccc(OCc4cccc5ccccc45)c3)C2=O)c1. The number of aryl methyl sites for hydroxylation is 1. The quantitative estimate of drug-likeness (QED) is 0.289. The highest BCUT2D eigenvalue weighted by atomic mass is 32.2. The Morgan fingerprint density at radius 2 is 1.68 bits per heavy atom. The summed E-state index contributed by atoms with van der Waals surface area (Å²) in [4.78, 5) is 27.1. The van der Waals surface area contributed by atoms with Crippen LogP contribution in [0.25, 0.3) is 16.8 Å². The van der Waals surface area contributed by atoms with Crippen molar-refractivity contribution in [3.63, 3.8) is 0 Å². The molecule has 1 saturated heterocycles. The maximum atomic E-state index is 12.9. The number of fused-ring (bicyclic) bond motifs is 1. The highest BCUT2D eigenvalue weighted by Crippen LogP contribution is 2.34. The number of thioether (sulfide) groups is 1. The lowest BCUT2D eigenvalue weighted by Gasteiger charge is -2.12. The van der Waals surface area contributed by atoms with Crippen LogP contribution in [0.3, 0.4) is 0 Å². The van der Waals surface area contributed by atoms with E-state index in [-0.39, 0.29) is 17.7 Å². The molecule has 0 unspecified atom stereocenters. The van der Waals surface area contributed by atoms with Crippen LogP contribution in [0.4, 0.5) is 4.79 Å². The van der Waals surface area contributed by atoms with E-state index in [2.05, 4.69) is 24.3 Å². The van der Waals surface area contributed by atoms with E-state index in [1.807, 2.05) is 73.7 Å². The smallest absolute Gasteiger partial charge is 0.293 e. The molecule has 5 rings (SSSR count). The van der Waals surface area contributed by atoms with Gasteiger partial charge in [0.05, 0.1) is 11.4 Å². The Morgan fingerprint density at radius 1 is 0.882 bits per heavy atom. The third kappa shape index (κ3) is 4.75. The van der Waals surface area contributed by atoms with E-state index < -0.39 is 0 Å². The van der Waals surface area contributed by atoms with Crippen LogP contribution >= 0.6 is 11.8 Å². The largest absolute Gasteiger partial charge is 0.489 e. The van der Waals surface area contributed by atoms with Crippen LogP contribution in [-0.4, -0.2) is 16.0 Å². The van der Waals surface area contributed by atoms with Crippen molar-refractivity contribution in [2.24, 2.45) is 0 Å². The van der Waals surface area contributed by atoms with Crippen LogP contribution in [0.1, 0.15) is 22.3 Å². The number of amides is 2. The van der Waals surface area contributed by atoms with E-state index in [4.69, 9.17) is 4.74 Å². The molecule has 0 radical (unpaired) electrons. The van der Waals surface area contributed by atoms with Crippen molar-refractivity contribution in [1.29, 1.82) is 0 Å². The van der Waals surface area contributed by atoms with Crippen molar-refractivity contribution in [3.05, 3.63) is 118 Å². The van der Waals surface area contributed by atoms with Crippen molar-refractivity contribution in [3.8, 4) is 5.75 Å². The summed E-state index contributed by atoms with van der Waals surface area (Å²) in [5, 5.41) is 2.10. The second-order valence-electron chi connectivity index (χ2n) is 8.26. The standard InChI is InChI=1S/C29H23NO3S/c1-20-7-4-9-22(15-20)18-30-28(31)27(34-29(30)32)17-21-8-5-13-25(16-21)33-19-24-12-6-11-23-10-2-3-14-26(23)24/h2-17H,18-19H2,1H3/b27-17+. The molecule has 1 aliphatic rings. The van der Waals surface area contributed by atoms with Crippen molar-refractivity contribution >= 4 is 39.8 Å². The molecular formula is C29H23NO3S. The number of carbonyl (C=O) groups excluding carboxylic acids is 2. The molecular weight excluding hydrogens is 442 g/mol. The van der Waals surface area contributed by atoms with Crippen LogP contribution in [0.5, 0.6) is 5.75 Å². The monoisotopic (exact) mass is 465 g/mol. The summed E-state index contributed by atoms with van der Waals surface area (Å²) < 4.78 is 6.07. The normalized spacial score (nSPS) is 14.9. The zero-order valence-electron chi connectivity index (χ0n) is 18.7. The predicted molar refractivity (Wildman–Crippen MR) is 137 cm³/mol. The number of carbonyl (C=O) groups is 2. The fraction of sp³-hybridized carbons (Fsp3) is 0.103. The first-order valence-corrected chi connectivity index (χ1v) is 11.9. The Bertz CT molecular complexity index is 1420. The topological polar surface area (TPSA) is 46.6 Å². The van der Waals surface area contributed by atoms with Gasteiger partial charge in [0.25, 0.3) is 11.1 Å². The van der Waals surface area contributed by atoms with Gasteiger partial charge in [-0.05, 0) is 64.4 Å². The Morgan fingerprint density at radius 3 is 2.56 bits per heavy atom. The molecule has 0 bridgehead atoms. The first-order chi connectivity index (χ1) is 16.6. The fourth-order valence-electron chi connectivity index (χ4n) is 4.05. The zero-order valence-corrected chi connectivity index (χ0v) is 19.5. The summed E-state index contributed by atoms with van der Waals surface area (Å²) >= 11 is 0.975. The Labute approximate surface area is 202 Å². The molecule has 1 aliphatic heterocycles. The minimum absolute atomic E-state index is 0.249. The summed E-state index contributed by atoms with van der Waals surface area (Å²) in [6, 6.07) is 29.8. The first-order valence-electron chi connectivity index (χ1n) is 11.1. The predicted octanol–water partition coefficient (Wildman–Crippen LogP) is 6.96. The van der Waals surface area contributed by atoms with Crippen molar-refractivity contribution < 1.29 is 14.3 Å². The molecule has 34 heavy (non-hydrogen) atoms. The summed E-state index contributed by atoms with van der Waals surface area (Å²) in [5.41, 5.74) is 3.96. The minimum atomic E-state index is -0.265. The van der Waals surface area contributed by atoms with Crippen molar-refractivity contribution in [1.82, 2.24) is 4.90 Å². The molecule has 2 amide bonds. The average Bonchev–Trinajstić information content (AvgIpc) is 3.10. The molecule has 0 saturated carbocycles. The zero-order chi connectivity index (χ0) is 23.5. The number of rotatable bonds is 6. The lowest BCUT2D eigenvalue weighted by Crippen LogP contribution is -2.27. The number of ether oxygens (including phenoxy) is 1. The Hall–Kier alpha value is -3.83. The van der Waals surface area contributed by atoms with Gasteiger partial charge in [0, 0.05) is 0 Å². The minimum Gasteiger partial charge on any atom is -0.489 e. The Balaban J connectivity index is 1.31. The molecule has 4 aromatic rings. The van der Waals surface area contributed by atoms with Crippen LogP contribution in [0, 0.1) is 6.92 Å². The lowest BCUT2D eigenvalue weighted by atomic mass is 10.1. The fourth-order valence-corrected chi connectivity index (χ4v) is 4.89. The first kappa shape index (κ1) is 22.0. The highest BCUT2D eigenvalue weighted by Gasteiger charge is 2.35. The summed E-state index contributed by atoms with van der Waals surface area (Å²) in [5.74, 6) is 0.444. The van der Waals surface area contributed by atoms with Crippen molar-refractivity contribution in [2.75, 3.05) is 0 Å². The molecule has 4 aromatic carbocycles. The number of nitrogens with zero attached hydrogens (tertiary/aromatic N) is 1. The van der Waals surface area contributed by atoms with E-state index in [1.54, 1.807) is 6.08 Å².